The van der Waals surface area contributed by atoms with Crippen LogP contribution in [0.4, 0.5) is 0 Å². The van der Waals surface area contributed by atoms with E-state index >= 15 is 0 Å². The number of piperidine rings is 1. The largest absolute Gasteiger partial charge is 0.342 e. The van der Waals surface area contributed by atoms with Crippen molar-refractivity contribution in [3.05, 3.63) is 0 Å². The molecule has 0 unspecified atom stereocenters. The summed E-state index contributed by atoms with van der Waals surface area (Å²) in [5, 5.41) is 0. The van der Waals surface area contributed by atoms with Crippen LogP contribution < -0.4 is 5.73 Å². The monoisotopic (exact) mass is 240 g/mol. The molecule has 1 saturated heterocycles. The molecule has 1 fully saturated rings. The third kappa shape index (κ3) is 3.44. The predicted molar refractivity (Wildman–Crippen MR) is 71.7 cm³/mol. The highest BCUT2D eigenvalue weighted by atomic mass is 16.2. The molecule has 1 amide bonds. The molecule has 17 heavy (non-hydrogen) atoms. The van der Waals surface area contributed by atoms with E-state index in [0.29, 0.717) is 12.5 Å². The molecule has 1 aliphatic heterocycles. The van der Waals surface area contributed by atoms with Crippen LogP contribution in [0, 0.1) is 5.41 Å². The van der Waals surface area contributed by atoms with Crippen molar-refractivity contribution >= 4 is 5.91 Å². The first-order valence-electron chi connectivity index (χ1n) is 7.19. The predicted octanol–water partition coefficient (Wildman–Crippen LogP) is 2.54. The number of carbonyl (C=O) groups is 1. The van der Waals surface area contributed by atoms with Gasteiger partial charge in [0, 0.05) is 19.6 Å². The molecule has 1 heterocycles. The van der Waals surface area contributed by atoms with Gasteiger partial charge in [0.2, 0.25) is 5.91 Å². The van der Waals surface area contributed by atoms with Gasteiger partial charge < -0.3 is 10.6 Å². The Balaban J connectivity index is 2.75. The minimum absolute atomic E-state index is 0.277. The number of rotatable bonds is 6. The molecule has 0 aromatic rings. The standard InChI is InChI=1S/C14H28N2O/c1-3-8-14(12-15,9-4-2)13(17)16-10-6-5-7-11-16/h3-12,15H2,1-2H3. The van der Waals surface area contributed by atoms with E-state index in [-0.39, 0.29) is 5.41 Å². The first-order chi connectivity index (χ1) is 8.20. The van der Waals surface area contributed by atoms with Gasteiger partial charge in [-0.15, -0.1) is 0 Å². The maximum Gasteiger partial charge on any atom is 0.230 e. The van der Waals surface area contributed by atoms with Gasteiger partial charge in [0.15, 0.2) is 0 Å². The average Bonchev–Trinajstić information content (AvgIpc) is 2.38. The van der Waals surface area contributed by atoms with Crippen molar-refractivity contribution in [1.82, 2.24) is 4.90 Å². The Morgan fingerprint density at radius 3 is 2.06 bits per heavy atom. The van der Waals surface area contributed by atoms with Crippen LogP contribution in [0.3, 0.4) is 0 Å². The lowest BCUT2D eigenvalue weighted by Crippen LogP contribution is -2.49. The highest BCUT2D eigenvalue weighted by Crippen LogP contribution is 2.32. The van der Waals surface area contributed by atoms with Gasteiger partial charge in [0.25, 0.3) is 0 Å². The molecule has 0 aromatic carbocycles. The van der Waals surface area contributed by atoms with Crippen molar-refractivity contribution < 1.29 is 4.79 Å². The second kappa shape index (κ2) is 7.00. The van der Waals surface area contributed by atoms with Crippen LogP contribution in [0.25, 0.3) is 0 Å². The van der Waals surface area contributed by atoms with Crippen molar-refractivity contribution in [2.24, 2.45) is 11.1 Å². The Hall–Kier alpha value is -0.570. The van der Waals surface area contributed by atoms with Gasteiger partial charge in [-0.05, 0) is 32.1 Å². The minimum atomic E-state index is -0.277. The third-order valence-corrected chi connectivity index (χ3v) is 3.94. The second-order valence-corrected chi connectivity index (χ2v) is 5.34. The summed E-state index contributed by atoms with van der Waals surface area (Å²) in [6, 6.07) is 0. The second-order valence-electron chi connectivity index (χ2n) is 5.34. The summed E-state index contributed by atoms with van der Waals surface area (Å²) in [4.78, 5) is 14.7. The molecule has 1 aliphatic rings. The minimum Gasteiger partial charge on any atom is -0.342 e. The van der Waals surface area contributed by atoms with Crippen LogP contribution in [-0.2, 0) is 4.79 Å². The van der Waals surface area contributed by atoms with E-state index in [0.717, 1.165) is 51.6 Å². The Morgan fingerprint density at radius 2 is 1.65 bits per heavy atom. The zero-order valence-corrected chi connectivity index (χ0v) is 11.5. The molecule has 1 rings (SSSR count). The quantitative estimate of drug-likeness (QED) is 0.775. The molecular formula is C14H28N2O. The van der Waals surface area contributed by atoms with Crippen LogP contribution >= 0.6 is 0 Å². The third-order valence-electron chi connectivity index (χ3n) is 3.94. The molecule has 0 spiro atoms. The van der Waals surface area contributed by atoms with Gasteiger partial charge in [-0.25, -0.2) is 0 Å². The van der Waals surface area contributed by atoms with E-state index in [1.165, 1.54) is 6.42 Å². The van der Waals surface area contributed by atoms with E-state index in [1.807, 2.05) is 0 Å². The maximum atomic E-state index is 12.7. The number of nitrogens with two attached hydrogens (primary N) is 1. The molecule has 0 aromatic heterocycles. The van der Waals surface area contributed by atoms with Gasteiger partial charge in [-0.2, -0.15) is 0 Å². The molecule has 2 N–H and O–H groups in total. The lowest BCUT2D eigenvalue weighted by atomic mass is 9.77. The molecule has 3 nitrogen and oxygen atoms in total. The fourth-order valence-corrected chi connectivity index (χ4v) is 3.02. The summed E-state index contributed by atoms with van der Waals surface area (Å²) in [7, 11) is 0. The molecule has 0 atom stereocenters. The Morgan fingerprint density at radius 1 is 1.12 bits per heavy atom. The van der Waals surface area contributed by atoms with Gasteiger partial charge in [0.1, 0.15) is 0 Å². The van der Waals surface area contributed by atoms with Crippen molar-refractivity contribution in [2.75, 3.05) is 19.6 Å². The first-order valence-corrected chi connectivity index (χ1v) is 7.19. The Bertz CT molecular complexity index is 228. The smallest absolute Gasteiger partial charge is 0.230 e. The summed E-state index contributed by atoms with van der Waals surface area (Å²) in [6.07, 6.45) is 7.53. The molecule has 0 aliphatic carbocycles. The summed E-state index contributed by atoms with van der Waals surface area (Å²) >= 11 is 0. The lowest BCUT2D eigenvalue weighted by Gasteiger charge is -2.38. The van der Waals surface area contributed by atoms with Crippen molar-refractivity contribution in [3.8, 4) is 0 Å². The van der Waals surface area contributed by atoms with Crippen LogP contribution in [0.1, 0.15) is 58.8 Å². The number of carbonyl (C=O) groups excluding carboxylic acids is 1. The molecule has 0 radical (unpaired) electrons. The summed E-state index contributed by atoms with van der Waals surface area (Å²) in [5.41, 5.74) is 5.66. The average molecular weight is 240 g/mol. The number of hydrogen-bond donors (Lipinski definition) is 1. The number of nitrogens with zero attached hydrogens (tertiary/aromatic N) is 1. The van der Waals surface area contributed by atoms with Crippen LogP contribution in [-0.4, -0.2) is 30.4 Å². The fraction of sp³-hybridized carbons (Fsp3) is 0.929. The zero-order valence-electron chi connectivity index (χ0n) is 11.5. The van der Waals surface area contributed by atoms with Gasteiger partial charge in [0.05, 0.1) is 5.41 Å². The zero-order chi connectivity index (χ0) is 12.7. The van der Waals surface area contributed by atoms with Gasteiger partial charge >= 0.3 is 0 Å². The summed E-state index contributed by atoms with van der Waals surface area (Å²) < 4.78 is 0. The lowest BCUT2D eigenvalue weighted by molar-refractivity contribution is -0.143. The first kappa shape index (κ1) is 14.5. The van der Waals surface area contributed by atoms with Crippen molar-refractivity contribution in [2.45, 2.75) is 58.8 Å². The molecular weight excluding hydrogens is 212 g/mol. The Kier molecular flexibility index (Phi) is 5.96. The van der Waals surface area contributed by atoms with Crippen LogP contribution in [0.15, 0.2) is 0 Å². The molecule has 100 valence electrons. The van der Waals surface area contributed by atoms with Gasteiger partial charge in [-0.3, -0.25) is 4.79 Å². The summed E-state index contributed by atoms with van der Waals surface area (Å²) in [5.74, 6) is 0.323. The maximum absolute atomic E-state index is 12.7. The van der Waals surface area contributed by atoms with Crippen LogP contribution in [0.2, 0.25) is 0 Å². The molecule has 0 saturated carbocycles. The highest BCUT2D eigenvalue weighted by molar-refractivity contribution is 5.83. The molecule has 0 bridgehead atoms. The highest BCUT2D eigenvalue weighted by Gasteiger charge is 2.38. The van der Waals surface area contributed by atoms with E-state index in [4.69, 9.17) is 5.73 Å². The van der Waals surface area contributed by atoms with Gasteiger partial charge in [-0.1, -0.05) is 26.7 Å². The van der Waals surface area contributed by atoms with Crippen LogP contribution in [0.5, 0.6) is 0 Å². The van der Waals surface area contributed by atoms with E-state index in [1.54, 1.807) is 0 Å². The Labute approximate surface area is 106 Å². The van der Waals surface area contributed by atoms with Crippen molar-refractivity contribution in [1.29, 1.82) is 0 Å². The number of likely N-dealkylation sites (tertiary alicyclic amines) is 1. The number of amides is 1. The van der Waals surface area contributed by atoms with E-state index in [2.05, 4.69) is 18.7 Å². The van der Waals surface area contributed by atoms with E-state index in [9.17, 15) is 4.79 Å². The SMILES string of the molecule is CCCC(CN)(CCC)C(=O)N1CCCCC1. The topological polar surface area (TPSA) is 46.3 Å². The normalized spacial score (nSPS) is 17.2. The summed E-state index contributed by atoms with van der Waals surface area (Å²) in [6.45, 7) is 6.67. The molecule has 3 heteroatoms. The fourth-order valence-electron chi connectivity index (χ4n) is 3.02. The van der Waals surface area contributed by atoms with Crippen molar-refractivity contribution in [3.63, 3.8) is 0 Å². The van der Waals surface area contributed by atoms with E-state index < -0.39 is 0 Å². The number of hydrogen-bond acceptors (Lipinski definition) is 2.